The molecule has 3 rings (SSSR count). The highest BCUT2D eigenvalue weighted by Gasteiger charge is 2.43. The van der Waals surface area contributed by atoms with Crippen LogP contribution in [0.1, 0.15) is 30.1 Å². The zero-order valence-electron chi connectivity index (χ0n) is 11.1. The maximum Gasteiger partial charge on any atom is 0.112 e. The van der Waals surface area contributed by atoms with Gasteiger partial charge in [0, 0.05) is 7.11 Å². The molecule has 1 atom stereocenters. The van der Waals surface area contributed by atoms with Gasteiger partial charge in [0.2, 0.25) is 0 Å². The summed E-state index contributed by atoms with van der Waals surface area (Å²) in [7, 11) is 1.73. The van der Waals surface area contributed by atoms with Crippen LogP contribution in [0.4, 0.5) is 0 Å². The number of aryl methyl sites for hydroxylation is 1. The summed E-state index contributed by atoms with van der Waals surface area (Å²) < 4.78 is 13.7. The Morgan fingerprint density at radius 3 is 3.06 bits per heavy atom. The van der Waals surface area contributed by atoms with E-state index < -0.39 is 0 Å². The summed E-state index contributed by atoms with van der Waals surface area (Å²) in [5.74, 6) is 0. The van der Waals surface area contributed by atoms with Crippen LogP contribution in [0.25, 0.3) is 0 Å². The molecule has 1 spiro atoms. The fourth-order valence-corrected chi connectivity index (χ4v) is 3.21. The van der Waals surface area contributed by atoms with Gasteiger partial charge in [-0.1, -0.05) is 0 Å². The quantitative estimate of drug-likeness (QED) is 0.851. The first kappa shape index (κ1) is 12.1. The van der Waals surface area contributed by atoms with Crippen molar-refractivity contribution in [2.45, 2.75) is 31.4 Å². The molecule has 0 amide bonds. The average molecular weight is 251 g/mol. The van der Waals surface area contributed by atoms with Gasteiger partial charge in [-0.05, 0) is 38.4 Å². The number of nitrogens with one attached hydrogen (secondary N) is 1. The van der Waals surface area contributed by atoms with Crippen LogP contribution < -0.4 is 5.32 Å². The van der Waals surface area contributed by atoms with Crippen molar-refractivity contribution in [3.8, 4) is 0 Å². The Morgan fingerprint density at radius 2 is 2.33 bits per heavy atom. The molecule has 1 aromatic heterocycles. The minimum atomic E-state index is -0.129. The third-order valence-electron chi connectivity index (χ3n) is 4.08. The Labute approximate surface area is 107 Å². The third kappa shape index (κ3) is 1.77. The summed E-state index contributed by atoms with van der Waals surface area (Å²) in [5, 5.41) is 7.94. The van der Waals surface area contributed by atoms with E-state index in [-0.39, 0.29) is 11.6 Å². The first-order valence-electron chi connectivity index (χ1n) is 6.65. The zero-order chi connectivity index (χ0) is 12.6. The van der Waals surface area contributed by atoms with Crippen LogP contribution in [-0.2, 0) is 15.1 Å². The number of nitrogens with zero attached hydrogens (tertiary/aromatic N) is 2. The fourth-order valence-electron chi connectivity index (χ4n) is 3.21. The van der Waals surface area contributed by atoms with E-state index in [0.29, 0.717) is 13.2 Å². The first-order chi connectivity index (χ1) is 8.77. The molecule has 1 saturated heterocycles. The van der Waals surface area contributed by atoms with E-state index in [9.17, 15) is 0 Å². The third-order valence-corrected chi connectivity index (χ3v) is 4.08. The minimum absolute atomic E-state index is 0.129. The van der Waals surface area contributed by atoms with Crippen LogP contribution >= 0.6 is 0 Å². The van der Waals surface area contributed by atoms with Crippen LogP contribution in [0.5, 0.6) is 0 Å². The lowest BCUT2D eigenvalue weighted by atomic mass is 9.85. The molecule has 5 nitrogen and oxygen atoms in total. The molecule has 1 aromatic rings. The number of methoxy groups -OCH3 is 1. The van der Waals surface area contributed by atoms with E-state index in [1.54, 1.807) is 7.11 Å². The van der Waals surface area contributed by atoms with Crippen LogP contribution in [0.3, 0.4) is 0 Å². The number of fused-ring (bicyclic) bond motifs is 2. The molecule has 0 aromatic carbocycles. The van der Waals surface area contributed by atoms with Crippen LogP contribution in [-0.4, -0.2) is 43.2 Å². The van der Waals surface area contributed by atoms with Crippen molar-refractivity contribution in [1.29, 1.82) is 0 Å². The molecule has 0 saturated carbocycles. The Hall–Kier alpha value is -0.910. The van der Waals surface area contributed by atoms with Crippen molar-refractivity contribution in [3.63, 3.8) is 0 Å². The summed E-state index contributed by atoms with van der Waals surface area (Å²) >= 11 is 0. The van der Waals surface area contributed by atoms with Crippen LogP contribution in [0.15, 0.2) is 6.20 Å². The standard InChI is InChI=1S/C13H21N3O2/c1-10-7-15-16-11(8-17-2)9-18-13(12(10)16)3-5-14-6-4-13/h7,11,14H,3-6,8-9H2,1-2H3/t11-/m1/s1. The Kier molecular flexibility index (Phi) is 3.13. The SMILES string of the molecule is COC[C@@H]1COC2(CCNCC2)c2c(C)cnn21. The zero-order valence-corrected chi connectivity index (χ0v) is 11.1. The summed E-state index contributed by atoms with van der Waals surface area (Å²) in [5.41, 5.74) is 2.37. The van der Waals surface area contributed by atoms with Gasteiger partial charge in [-0.3, -0.25) is 4.68 Å². The fraction of sp³-hybridized carbons (Fsp3) is 0.769. The Balaban J connectivity index is 2.00. The molecule has 1 N–H and O–H groups in total. The lowest BCUT2D eigenvalue weighted by Crippen LogP contribution is -2.48. The van der Waals surface area contributed by atoms with Gasteiger partial charge < -0.3 is 14.8 Å². The monoisotopic (exact) mass is 251 g/mol. The van der Waals surface area contributed by atoms with Crippen LogP contribution in [0.2, 0.25) is 0 Å². The molecule has 2 aliphatic heterocycles. The molecule has 18 heavy (non-hydrogen) atoms. The Bertz CT molecular complexity index is 424. The molecular formula is C13H21N3O2. The van der Waals surface area contributed by atoms with Gasteiger partial charge in [-0.25, -0.2) is 0 Å². The maximum absolute atomic E-state index is 6.26. The van der Waals surface area contributed by atoms with Crippen molar-refractivity contribution in [2.24, 2.45) is 0 Å². The minimum Gasteiger partial charge on any atom is -0.382 e. The van der Waals surface area contributed by atoms with Crippen molar-refractivity contribution >= 4 is 0 Å². The molecule has 0 aliphatic carbocycles. The van der Waals surface area contributed by atoms with E-state index in [0.717, 1.165) is 25.9 Å². The number of rotatable bonds is 2. The lowest BCUT2D eigenvalue weighted by Gasteiger charge is -2.43. The van der Waals surface area contributed by atoms with Gasteiger partial charge in [-0.15, -0.1) is 0 Å². The van der Waals surface area contributed by atoms with Gasteiger partial charge in [0.15, 0.2) is 0 Å². The molecule has 100 valence electrons. The predicted octanol–water partition coefficient (Wildman–Crippen LogP) is 0.988. The van der Waals surface area contributed by atoms with E-state index >= 15 is 0 Å². The van der Waals surface area contributed by atoms with Crippen molar-refractivity contribution in [3.05, 3.63) is 17.5 Å². The molecule has 0 bridgehead atoms. The largest absolute Gasteiger partial charge is 0.382 e. The number of hydrogen-bond donors (Lipinski definition) is 1. The van der Waals surface area contributed by atoms with Gasteiger partial charge in [0.25, 0.3) is 0 Å². The van der Waals surface area contributed by atoms with Crippen molar-refractivity contribution in [1.82, 2.24) is 15.1 Å². The summed E-state index contributed by atoms with van der Waals surface area (Å²) in [6.07, 6.45) is 4.01. The smallest absolute Gasteiger partial charge is 0.112 e. The van der Waals surface area contributed by atoms with Gasteiger partial charge >= 0.3 is 0 Å². The molecule has 0 unspecified atom stereocenters. The maximum atomic E-state index is 6.26. The average Bonchev–Trinajstić information content (AvgIpc) is 2.78. The topological polar surface area (TPSA) is 48.3 Å². The molecule has 3 heterocycles. The Morgan fingerprint density at radius 1 is 1.56 bits per heavy atom. The number of piperidine rings is 1. The second-order valence-corrected chi connectivity index (χ2v) is 5.29. The lowest BCUT2D eigenvalue weighted by molar-refractivity contribution is -0.119. The van der Waals surface area contributed by atoms with Crippen LogP contribution in [0, 0.1) is 6.92 Å². The summed E-state index contributed by atoms with van der Waals surface area (Å²) in [6.45, 7) is 5.50. The molecule has 2 aliphatic rings. The highest BCUT2D eigenvalue weighted by molar-refractivity contribution is 5.26. The second kappa shape index (κ2) is 4.64. The van der Waals surface area contributed by atoms with Gasteiger partial charge in [0.05, 0.1) is 31.1 Å². The van der Waals surface area contributed by atoms with Crippen molar-refractivity contribution in [2.75, 3.05) is 33.4 Å². The number of aromatic nitrogens is 2. The van der Waals surface area contributed by atoms with E-state index in [1.807, 2.05) is 6.20 Å². The highest BCUT2D eigenvalue weighted by Crippen LogP contribution is 2.41. The van der Waals surface area contributed by atoms with E-state index in [1.165, 1.54) is 11.3 Å². The normalized spacial score (nSPS) is 26.2. The van der Waals surface area contributed by atoms with Crippen molar-refractivity contribution < 1.29 is 9.47 Å². The van der Waals surface area contributed by atoms with E-state index in [2.05, 4.69) is 22.0 Å². The summed E-state index contributed by atoms with van der Waals surface area (Å²) in [4.78, 5) is 0. The summed E-state index contributed by atoms with van der Waals surface area (Å²) in [6, 6.07) is 0.208. The molecule has 0 radical (unpaired) electrons. The molecular weight excluding hydrogens is 230 g/mol. The second-order valence-electron chi connectivity index (χ2n) is 5.29. The molecule has 1 fully saturated rings. The van der Waals surface area contributed by atoms with Gasteiger partial charge in [-0.2, -0.15) is 5.10 Å². The number of ether oxygens (including phenoxy) is 2. The van der Waals surface area contributed by atoms with E-state index in [4.69, 9.17) is 9.47 Å². The first-order valence-corrected chi connectivity index (χ1v) is 6.65. The predicted molar refractivity (Wildman–Crippen MR) is 67.6 cm³/mol. The highest BCUT2D eigenvalue weighted by atomic mass is 16.5. The molecule has 5 heteroatoms. The number of hydrogen-bond acceptors (Lipinski definition) is 4. The van der Waals surface area contributed by atoms with Gasteiger partial charge in [0.1, 0.15) is 5.60 Å².